The van der Waals surface area contributed by atoms with Crippen LogP contribution in [0, 0.1) is 5.82 Å². The van der Waals surface area contributed by atoms with Gasteiger partial charge in [0.2, 0.25) is 0 Å². The second-order valence-corrected chi connectivity index (χ2v) is 2.63. The van der Waals surface area contributed by atoms with E-state index in [2.05, 4.69) is 22.4 Å². The van der Waals surface area contributed by atoms with E-state index in [0.29, 0.717) is 5.69 Å². The summed E-state index contributed by atoms with van der Waals surface area (Å²) >= 11 is 9.85. The number of hydrogen-bond donors (Lipinski definition) is 2. The zero-order valence-electron chi connectivity index (χ0n) is 5.97. The predicted octanol–water partition coefficient (Wildman–Crippen LogP) is 2.27. The summed E-state index contributed by atoms with van der Waals surface area (Å²) in [4.78, 5) is 2.17. The molecule has 1 aromatic carbocycles. The third-order valence-electron chi connectivity index (χ3n) is 1.21. The van der Waals surface area contributed by atoms with Gasteiger partial charge in [-0.2, -0.15) is 0 Å². The van der Waals surface area contributed by atoms with Crippen molar-refractivity contribution in [1.29, 1.82) is 0 Å². The smallest absolute Gasteiger partial charge is 0.185 e. The van der Waals surface area contributed by atoms with E-state index in [9.17, 15) is 4.39 Å². The maximum absolute atomic E-state index is 12.9. The summed E-state index contributed by atoms with van der Waals surface area (Å²) in [5.41, 5.74) is 0.302. The van der Waals surface area contributed by atoms with E-state index in [1.165, 1.54) is 6.07 Å². The van der Waals surface area contributed by atoms with Gasteiger partial charge >= 0.3 is 0 Å². The molecule has 12 heavy (non-hydrogen) atoms. The van der Waals surface area contributed by atoms with Crippen molar-refractivity contribution < 1.29 is 4.39 Å². The molecule has 1 rings (SSSR count). The highest BCUT2D eigenvalue weighted by Crippen LogP contribution is 2.11. The van der Waals surface area contributed by atoms with Crippen molar-refractivity contribution in [3.05, 3.63) is 30.1 Å². The Morgan fingerprint density at radius 3 is 2.67 bits per heavy atom. The van der Waals surface area contributed by atoms with Crippen LogP contribution in [0.5, 0.6) is 0 Å². The highest BCUT2D eigenvalue weighted by Gasteiger charge is 2.00. The Balaban J connectivity index is 2.75. The van der Waals surface area contributed by atoms with Crippen molar-refractivity contribution in [2.45, 2.75) is 0 Å². The number of thiocarbonyl (C=S) groups is 1. The molecule has 0 fully saturated rings. The fourth-order valence-corrected chi connectivity index (χ4v) is 0.866. The lowest BCUT2D eigenvalue weighted by atomic mass is 10.3. The highest BCUT2D eigenvalue weighted by molar-refractivity contribution is 7.80. The van der Waals surface area contributed by atoms with Crippen molar-refractivity contribution in [3.63, 3.8) is 0 Å². The molecule has 1 aromatic rings. The van der Waals surface area contributed by atoms with E-state index >= 15 is 0 Å². The van der Waals surface area contributed by atoms with Gasteiger partial charge in [-0.3, -0.25) is 4.84 Å². The SMILES string of the molecule is Fc1ccccc1NC(=S)NCl. The Morgan fingerprint density at radius 2 is 2.08 bits per heavy atom. The summed E-state index contributed by atoms with van der Waals surface area (Å²) in [7, 11) is 0. The van der Waals surface area contributed by atoms with Gasteiger partial charge in [-0.25, -0.2) is 4.39 Å². The third kappa shape index (κ3) is 2.32. The normalized spacial score (nSPS) is 9.17. The summed E-state index contributed by atoms with van der Waals surface area (Å²) in [5, 5.41) is 2.74. The fourth-order valence-electron chi connectivity index (χ4n) is 0.709. The van der Waals surface area contributed by atoms with Gasteiger partial charge < -0.3 is 5.32 Å². The zero-order chi connectivity index (χ0) is 8.97. The average molecular weight is 205 g/mol. The van der Waals surface area contributed by atoms with Crippen LogP contribution >= 0.6 is 24.0 Å². The van der Waals surface area contributed by atoms with Gasteiger partial charge in [-0.15, -0.1) is 0 Å². The van der Waals surface area contributed by atoms with Crippen LogP contribution < -0.4 is 10.2 Å². The zero-order valence-corrected chi connectivity index (χ0v) is 7.55. The van der Waals surface area contributed by atoms with Crippen molar-refractivity contribution in [2.24, 2.45) is 0 Å². The monoisotopic (exact) mass is 204 g/mol. The molecule has 0 saturated heterocycles. The van der Waals surface area contributed by atoms with Gasteiger partial charge in [-0.05, 0) is 24.4 Å². The highest BCUT2D eigenvalue weighted by atomic mass is 35.5. The van der Waals surface area contributed by atoms with Crippen molar-refractivity contribution >= 4 is 34.8 Å². The van der Waals surface area contributed by atoms with E-state index in [4.69, 9.17) is 11.8 Å². The standard InChI is InChI=1S/C7H6ClFN2S/c8-11-7(12)10-6-4-2-1-3-5(6)9/h1-4H,(H2,10,11,12). The average Bonchev–Trinajstić information content (AvgIpc) is 2.09. The summed E-state index contributed by atoms with van der Waals surface area (Å²) < 4.78 is 12.9. The minimum atomic E-state index is -0.369. The first-order valence-corrected chi connectivity index (χ1v) is 3.95. The van der Waals surface area contributed by atoms with E-state index in [1.54, 1.807) is 18.2 Å². The minimum absolute atomic E-state index is 0.168. The third-order valence-corrected chi connectivity index (χ3v) is 1.71. The molecule has 2 nitrogen and oxygen atoms in total. The first-order chi connectivity index (χ1) is 5.74. The molecule has 64 valence electrons. The van der Waals surface area contributed by atoms with Crippen molar-refractivity contribution in [1.82, 2.24) is 4.84 Å². The lowest BCUT2D eigenvalue weighted by molar-refractivity contribution is 0.632. The van der Waals surface area contributed by atoms with Crippen molar-refractivity contribution in [2.75, 3.05) is 5.32 Å². The Labute approximate surface area is 79.8 Å². The van der Waals surface area contributed by atoms with Crippen LogP contribution in [0.2, 0.25) is 0 Å². The molecular formula is C7H6ClFN2S. The van der Waals surface area contributed by atoms with Gasteiger partial charge in [0.1, 0.15) is 5.82 Å². The molecule has 0 aliphatic heterocycles. The quantitative estimate of drug-likeness (QED) is 0.542. The van der Waals surface area contributed by atoms with E-state index in [-0.39, 0.29) is 10.9 Å². The van der Waals surface area contributed by atoms with Gasteiger partial charge in [0, 0.05) is 11.8 Å². The Kier molecular flexibility index (Phi) is 3.25. The minimum Gasteiger partial charge on any atom is -0.329 e. The van der Waals surface area contributed by atoms with Crippen LogP contribution in [0.3, 0.4) is 0 Å². The number of hydrogen-bond acceptors (Lipinski definition) is 1. The molecular weight excluding hydrogens is 199 g/mol. The molecule has 0 aliphatic carbocycles. The van der Waals surface area contributed by atoms with Gasteiger partial charge in [0.05, 0.1) is 5.69 Å². The molecule has 0 atom stereocenters. The van der Waals surface area contributed by atoms with E-state index < -0.39 is 0 Å². The summed E-state index contributed by atoms with van der Waals surface area (Å²) in [6.07, 6.45) is 0. The lowest BCUT2D eigenvalue weighted by Crippen LogP contribution is -2.20. The number of halogens is 2. The van der Waals surface area contributed by atoms with Gasteiger partial charge in [-0.1, -0.05) is 12.1 Å². The number of anilines is 1. The molecule has 0 unspecified atom stereocenters. The van der Waals surface area contributed by atoms with E-state index in [0.717, 1.165) is 0 Å². The summed E-state index contributed by atoms with van der Waals surface area (Å²) in [5.74, 6) is -0.369. The van der Waals surface area contributed by atoms with Gasteiger partial charge in [0.15, 0.2) is 5.11 Å². The molecule has 0 saturated carbocycles. The van der Waals surface area contributed by atoms with Gasteiger partial charge in [0.25, 0.3) is 0 Å². The van der Waals surface area contributed by atoms with Crippen LogP contribution in [-0.4, -0.2) is 5.11 Å². The second-order valence-electron chi connectivity index (χ2n) is 2.03. The number of para-hydroxylation sites is 1. The lowest BCUT2D eigenvalue weighted by Gasteiger charge is -2.05. The topological polar surface area (TPSA) is 24.1 Å². The second kappa shape index (κ2) is 4.23. The molecule has 0 amide bonds. The first-order valence-electron chi connectivity index (χ1n) is 3.16. The van der Waals surface area contributed by atoms with Crippen LogP contribution in [0.4, 0.5) is 10.1 Å². The Hall–Kier alpha value is -0.870. The predicted molar refractivity (Wildman–Crippen MR) is 51.6 cm³/mol. The van der Waals surface area contributed by atoms with Crippen LogP contribution in [0.25, 0.3) is 0 Å². The Bertz CT molecular complexity index is 292. The van der Waals surface area contributed by atoms with Crippen LogP contribution in [-0.2, 0) is 0 Å². The Morgan fingerprint density at radius 1 is 1.42 bits per heavy atom. The molecule has 0 aromatic heterocycles. The molecule has 0 bridgehead atoms. The molecule has 0 aliphatic rings. The molecule has 0 spiro atoms. The maximum atomic E-state index is 12.9. The molecule has 2 N–H and O–H groups in total. The van der Waals surface area contributed by atoms with Crippen LogP contribution in [0.15, 0.2) is 24.3 Å². The van der Waals surface area contributed by atoms with Crippen molar-refractivity contribution in [3.8, 4) is 0 Å². The summed E-state index contributed by atoms with van der Waals surface area (Å²) in [6, 6.07) is 6.19. The number of rotatable bonds is 1. The number of benzene rings is 1. The fraction of sp³-hybridized carbons (Fsp3) is 0. The van der Waals surface area contributed by atoms with E-state index in [1.807, 2.05) is 0 Å². The maximum Gasteiger partial charge on any atom is 0.185 e. The largest absolute Gasteiger partial charge is 0.329 e. The summed E-state index contributed by atoms with van der Waals surface area (Å²) in [6.45, 7) is 0. The number of nitrogens with one attached hydrogen (secondary N) is 2. The molecule has 0 heterocycles. The molecule has 5 heteroatoms. The molecule has 0 radical (unpaired) electrons. The first kappa shape index (κ1) is 9.22. The van der Waals surface area contributed by atoms with Crippen LogP contribution in [0.1, 0.15) is 0 Å².